The van der Waals surface area contributed by atoms with Gasteiger partial charge >= 0.3 is 6.18 Å². The van der Waals surface area contributed by atoms with E-state index in [1.54, 1.807) is 5.38 Å². The van der Waals surface area contributed by atoms with Crippen molar-refractivity contribution in [3.8, 4) is 5.69 Å². The third-order valence-electron chi connectivity index (χ3n) is 3.83. The molecule has 0 unspecified atom stereocenters. The molecule has 1 amide bonds. The Kier molecular flexibility index (Phi) is 5.24. The second-order valence-electron chi connectivity index (χ2n) is 7.04. The molecule has 0 saturated carbocycles. The number of alkyl halides is 3. The van der Waals surface area contributed by atoms with E-state index in [-0.39, 0.29) is 21.3 Å². The van der Waals surface area contributed by atoms with E-state index in [1.165, 1.54) is 24.3 Å². The van der Waals surface area contributed by atoms with Gasteiger partial charge in [0.2, 0.25) is 0 Å². The highest BCUT2D eigenvalue weighted by Crippen LogP contribution is 2.35. The Bertz CT molecular complexity index is 1020. The third-order valence-corrected chi connectivity index (χ3v) is 4.82. The van der Waals surface area contributed by atoms with Gasteiger partial charge in [-0.1, -0.05) is 38.4 Å². The Balaban J connectivity index is 1.98. The van der Waals surface area contributed by atoms with Crippen LogP contribution in [0.25, 0.3) is 5.69 Å². The van der Waals surface area contributed by atoms with Crippen LogP contribution in [-0.2, 0) is 11.6 Å². The number of benzene rings is 1. The first-order valence-electron chi connectivity index (χ1n) is 8.15. The molecule has 148 valence electrons. The number of halogens is 4. The number of thiazole rings is 1. The fourth-order valence-corrected chi connectivity index (χ4v) is 3.55. The van der Waals surface area contributed by atoms with Gasteiger partial charge in [-0.15, -0.1) is 11.3 Å². The smallest absolute Gasteiger partial charge is 0.298 e. The largest absolute Gasteiger partial charge is 0.434 e. The van der Waals surface area contributed by atoms with Gasteiger partial charge in [0, 0.05) is 15.8 Å². The van der Waals surface area contributed by atoms with E-state index in [4.69, 9.17) is 11.6 Å². The monoisotopic (exact) mass is 428 g/mol. The van der Waals surface area contributed by atoms with Gasteiger partial charge in [0.1, 0.15) is 0 Å². The minimum atomic E-state index is -4.80. The quantitative estimate of drug-likeness (QED) is 0.595. The van der Waals surface area contributed by atoms with Crippen molar-refractivity contribution >= 4 is 34.0 Å². The number of aromatic nitrogens is 3. The number of hydrogen-bond acceptors (Lipinski definition) is 4. The van der Waals surface area contributed by atoms with Gasteiger partial charge in [0.05, 0.1) is 23.1 Å². The molecule has 0 atom stereocenters. The number of rotatable bonds is 3. The van der Waals surface area contributed by atoms with E-state index in [0.717, 1.165) is 23.2 Å². The SMILES string of the molecule is CC(C)(C)c1csc(NC(=O)c2cnn(-c3cccc(Cl)c3)c2C(F)(F)F)n1. The maximum Gasteiger partial charge on any atom is 0.434 e. The van der Waals surface area contributed by atoms with Crippen molar-refractivity contribution < 1.29 is 18.0 Å². The molecule has 2 aromatic heterocycles. The summed E-state index contributed by atoms with van der Waals surface area (Å²) in [5.74, 6) is -0.935. The standard InChI is InChI=1S/C18H16ClF3N4OS/c1-17(2,3)13-9-28-16(24-13)25-15(27)12-8-23-26(14(12)18(20,21)22)11-6-4-5-10(19)7-11/h4-9H,1-3H3,(H,24,25,27). The van der Waals surface area contributed by atoms with Crippen LogP contribution in [0.4, 0.5) is 18.3 Å². The summed E-state index contributed by atoms with van der Waals surface area (Å²) in [5, 5.41) is 8.42. The molecule has 0 aliphatic rings. The zero-order chi connectivity index (χ0) is 20.7. The number of amides is 1. The van der Waals surface area contributed by atoms with Crippen molar-refractivity contribution in [2.24, 2.45) is 0 Å². The molecule has 1 N–H and O–H groups in total. The fourth-order valence-electron chi connectivity index (χ4n) is 2.43. The molecular weight excluding hydrogens is 413 g/mol. The minimum Gasteiger partial charge on any atom is -0.298 e. The molecule has 0 bridgehead atoms. The number of carbonyl (C=O) groups excluding carboxylic acids is 1. The lowest BCUT2D eigenvalue weighted by molar-refractivity contribution is -0.143. The molecule has 2 heterocycles. The molecular formula is C18H16ClF3N4OS. The lowest BCUT2D eigenvalue weighted by atomic mass is 9.93. The van der Waals surface area contributed by atoms with Gasteiger partial charge in [0.25, 0.3) is 5.91 Å². The molecule has 0 fully saturated rings. The van der Waals surface area contributed by atoms with Crippen molar-refractivity contribution in [1.29, 1.82) is 0 Å². The van der Waals surface area contributed by atoms with E-state index in [9.17, 15) is 18.0 Å². The van der Waals surface area contributed by atoms with Crippen LogP contribution in [0.3, 0.4) is 0 Å². The van der Waals surface area contributed by atoms with Crippen molar-refractivity contribution in [3.63, 3.8) is 0 Å². The zero-order valence-corrected chi connectivity index (χ0v) is 16.7. The number of hydrogen-bond donors (Lipinski definition) is 1. The van der Waals surface area contributed by atoms with Crippen molar-refractivity contribution in [3.05, 3.63) is 57.8 Å². The number of nitrogens with zero attached hydrogens (tertiary/aromatic N) is 3. The summed E-state index contributed by atoms with van der Waals surface area (Å²) in [6.45, 7) is 5.85. The maximum atomic E-state index is 13.7. The first-order valence-corrected chi connectivity index (χ1v) is 9.41. The predicted octanol–water partition coefficient (Wildman–Crippen LogP) is 5.55. The summed E-state index contributed by atoms with van der Waals surface area (Å²) in [6.07, 6.45) is -3.91. The molecule has 10 heteroatoms. The van der Waals surface area contributed by atoms with Crippen LogP contribution >= 0.6 is 22.9 Å². The summed E-state index contributed by atoms with van der Waals surface area (Å²) in [6, 6.07) is 5.79. The highest BCUT2D eigenvalue weighted by Gasteiger charge is 2.40. The second kappa shape index (κ2) is 7.21. The van der Waals surface area contributed by atoms with Gasteiger partial charge in [0.15, 0.2) is 10.8 Å². The summed E-state index contributed by atoms with van der Waals surface area (Å²) in [5.41, 5.74) is -1.19. The number of carbonyl (C=O) groups is 1. The Labute approximate surface area is 168 Å². The van der Waals surface area contributed by atoms with Crippen LogP contribution < -0.4 is 5.32 Å². The average Bonchev–Trinajstić information content (AvgIpc) is 3.20. The Morgan fingerprint density at radius 2 is 1.96 bits per heavy atom. The highest BCUT2D eigenvalue weighted by molar-refractivity contribution is 7.14. The fraction of sp³-hybridized carbons (Fsp3) is 0.278. The molecule has 0 saturated heterocycles. The van der Waals surface area contributed by atoms with Crippen LogP contribution in [-0.4, -0.2) is 20.7 Å². The molecule has 3 rings (SSSR count). The van der Waals surface area contributed by atoms with Gasteiger partial charge in [-0.3, -0.25) is 10.1 Å². The van der Waals surface area contributed by atoms with Crippen LogP contribution in [0.5, 0.6) is 0 Å². The van der Waals surface area contributed by atoms with Crippen LogP contribution in [0, 0.1) is 0 Å². The van der Waals surface area contributed by atoms with Crippen LogP contribution in [0.1, 0.15) is 42.5 Å². The Morgan fingerprint density at radius 1 is 1.25 bits per heavy atom. The molecule has 3 aromatic rings. The van der Waals surface area contributed by atoms with E-state index in [1.807, 2.05) is 20.8 Å². The summed E-state index contributed by atoms with van der Waals surface area (Å²) in [4.78, 5) is 16.8. The molecule has 0 aliphatic carbocycles. The van der Waals surface area contributed by atoms with Crippen molar-refractivity contribution in [2.75, 3.05) is 5.32 Å². The number of anilines is 1. The van der Waals surface area contributed by atoms with Gasteiger partial charge in [-0.25, -0.2) is 9.67 Å². The first kappa shape index (κ1) is 20.3. The predicted molar refractivity (Wildman–Crippen MR) is 102 cm³/mol. The van der Waals surface area contributed by atoms with E-state index >= 15 is 0 Å². The van der Waals surface area contributed by atoms with E-state index in [2.05, 4.69) is 15.4 Å². The maximum absolute atomic E-state index is 13.7. The summed E-state index contributed by atoms with van der Waals surface area (Å²) < 4.78 is 41.8. The molecule has 28 heavy (non-hydrogen) atoms. The normalized spacial score (nSPS) is 12.2. The van der Waals surface area contributed by atoms with Crippen LogP contribution in [0.15, 0.2) is 35.8 Å². The average molecular weight is 429 g/mol. The van der Waals surface area contributed by atoms with Crippen molar-refractivity contribution in [1.82, 2.24) is 14.8 Å². The summed E-state index contributed by atoms with van der Waals surface area (Å²) in [7, 11) is 0. The van der Waals surface area contributed by atoms with Crippen LogP contribution in [0.2, 0.25) is 5.02 Å². The lowest BCUT2D eigenvalue weighted by Crippen LogP contribution is -2.21. The minimum absolute atomic E-state index is 0.100. The van der Waals surface area contributed by atoms with E-state index < -0.39 is 23.3 Å². The van der Waals surface area contributed by atoms with Gasteiger partial charge < -0.3 is 0 Å². The van der Waals surface area contributed by atoms with Gasteiger partial charge in [-0.2, -0.15) is 18.3 Å². The molecule has 0 spiro atoms. The molecule has 0 radical (unpaired) electrons. The van der Waals surface area contributed by atoms with Gasteiger partial charge in [-0.05, 0) is 18.2 Å². The van der Waals surface area contributed by atoms with Crippen molar-refractivity contribution in [2.45, 2.75) is 32.4 Å². The molecule has 0 aliphatic heterocycles. The Morgan fingerprint density at radius 3 is 2.54 bits per heavy atom. The lowest BCUT2D eigenvalue weighted by Gasteiger charge is -2.14. The zero-order valence-electron chi connectivity index (χ0n) is 15.1. The summed E-state index contributed by atoms with van der Waals surface area (Å²) >= 11 is 7.02. The molecule has 5 nitrogen and oxygen atoms in total. The Hall–Kier alpha value is -2.39. The second-order valence-corrected chi connectivity index (χ2v) is 8.33. The first-order chi connectivity index (χ1) is 13.0. The highest BCUT2D eigenvalue weighted by atomic mass is 35.5. The van der Waals surface area contributed by atoms with E-state index in [0.29, 0.717) is 4.68 Å². The number of nitrogens with one attached hydrogen (secondary N) is 1. The third kappa shape index (κ3) is 4.20. The topological polar surface area (TPSA) is 59.8 Å². The molecule has 1 aromatic carbocycles.